The number of carbonyl (C=O) groups is 1. The Hall–Kier alpha value is -3.21. The van der Waals surface area contributed by atoms with Crippen LogP contribution in [0.4, 0.5) is 4.79 Å². The van der Waals surface area contributed by atoms with Crippen LogP contribution in [-0.2, 0) is 25.7 Å². The highest BCUT2D eigenvalue weighted by molar-refractivity contribution is 5.86. The van der Waals surface area contributed by atoms with Crippen molar-refractivity contribution in [2.75, 3.05) is 0 Å². The Kier molecular flexibility index (Phi) is 4.08. The van der Waals surface area contributed by atoms with Gasteiger partial charge >= 0.3 is 6.03 Å². The number of aromatic amines is 2. The number of rotatable bonds is 2. The number of nitrogens with one attached hydrogen (secondary N) is 4. The van der Waals surface area contributed by atoms with Gasteiger partial charge in [0.2, 0.25) is 0 Å². The number of para-hydroxylation sites is 2. The largest absolute Gasteiger partial charge is 0.358 e. The zero-order valence-corrected chi connectivity index (χ0v) is 16.9. The fraction of sp³-hybridized carbons (Fsp3) is 0.320. The van der Waals surface area contributed by atoms with E-state index in [2.05, 4.69) is 69.1 Å². The maximum absolute atomic E-state index is 12.8. The highest BCUT2D eigenvalue weighted by Crippen LogP contribution is 2.30. The Bertz CT molecular complexity index is 1150. The molecule has 0 saturated heterocycles. The lowest BCUT2D eigenvalue weighted by Gasteiger charge is -2.27. The van der Waals surface area contributed by atoms with Crippen LogP contribution in [0.1, 0.15) is 35.4 Å². The third kappa shape index (κ3) is 2.96. The molecule has 2 heterocycles. The number of aromatic nitrogens is 2. The van der Waals surface area contributed by atoms with Crippen LogP contribution >= 0.6 is 0 Å². The molecule has 2 amide bonds. The second-order valence-corrected chi connectivity index (χ2v) is 8.75. The first-order valence-electron chi connectivity index (χ1n) is 11.0. The average molecular weight is 399 g/mol. The van der Waals surface area contributed by atoms with Crippen molar-refractivity contribution in [2.45, 2.75) is 50.6 Å². The van der Waals surface area contributed by atoms with Crippen LogP contribution < -0.4 is 10.6 Å². The highest BCUT2D eigenvalue weighted by Gasteiger charge is 2.26. The van der Waals surface area contributed by atoms with E-state index < -0.39 is 0 Å². The molecule has 2 aromatic carbocycles. The van der Waals surface area contributed by atoms with Gasteiger partial charge in [0.25, 0.3) is 0 Å². The van der Waals surface area contributed by atoms with Gasteiger partial charge in [-0.3, -0.25) is 0 Å². The van der Waals surface area contributed by atoms with Crippen LogP contribution in [0.15, 0.2) is 48.5 Å². The summed E-state index contributed by atoms with van der Waals surface area (Å²) in [6.45, 7) is 0. The summed E-state index contributed by atoms with van der Waals surface area (Å²) < 4.78 is 0. The number of urea groups is 1. The average Bonchev–Trinajstić information content (AvgIpc) is 3.31. The van der Waals surface area contributed by atoms with E-state index in [0.717, 1.165) is 38.5 Å². The fourth-order valence-electron chi connectivity index (χ4n) is 5.40. The van der Waals surface area contributed by atoms with Gasteiger partial charge in [0.15, 0.2) is 0 Å². The summed E-state index contributed by atoms with van der Waals surface area (Å²) in [5.74, 6) is 0. The van der Waals surface area contributed by atoms with Crippen molar-refractivity contribution in [1.29, 1.82) is 0 Å². The van der Waals surface area contributed by atoms with E-state index in [9.17, 15) is 4.79 Å². The molecule has 2 aliphatic carbocycles. The van der Waals surface area contributed by atoms with Gasteiger partial charge in [-0.1, -0.05) is 36.4 Å². The van der Waals surface area contributed by atoms with Crippen molar-refractivity contribution in [1.82, 2.24) is 20.6 Å². The summed E-state index contributed by atoms with van der Waals surface area (Å²) in [5, 5.41) is 9.07. The standard InChI is InChI=1S/C25H26N4O/c30-25(26-15-9-11-23-19(13-15)17-5-1-3-7-21(17)28-23)27-16-10-12-24-20(14-16)18-6-2-4-8-22(18)29-24/h1-8,15-16,28-29H,9-14H2,(H2,26,27,30)/t15-,16-/m0/s1. The molecular formula is C25H26N4O. The van der Waals surface area contributed by atoms with Gasteiger partial charge in [-0.25, -0.2) is 4.79 Å². The predicted molar refractivity (Wildman–Crippen MR) is 120 cm³/mol. The van der Waals surface area contributed by atoms with Crippen LogP contribution in [0, 0.1) is 0 Å². The lowest BCUT2D eigenvalue weighted by molar-refractivity contribution is 0.230. The molecule has 4 aromatic rings. The molecule has 0 spiro atoms. The van der Waals surface area contributed by atoms with Gasteiger partial charge in [-0.05, 0) is 61.8 Å². The first kappa shape index (κ1) is 17.6. The summed E-state index contributed by atoms with van der Waals surface area (Å²) in [6, 6.07) is 17.2. The minimum absolute atomic E-state index is 0.0309. The Labute approximate surface area is 175 Å². The summed E-state index contributed by atoms with van der Waals surface area (Å²) in [6.07, 6.45) is 5.71. The van der Waals surface area contributed by atoms with Gasteiger partial charge in [0.1, 0.15) is 0 Å². The molecule has 2 aromatic heterocycles. The van der Waals surface area contributed by atoms with E-state index in [1.807, 2.05) is 0 Å². The van der Waals surface area contributed by atoms with E-state index >= 15 is 0 Å². The minimum atomic E-state index is -0.0309. The van der Waals surface area contributed by atoms with Gasteiger partial charge < -0.3 is 20.6 Å². The Balaban J connectivity index is 1.13. The normalized spacial score (nSPS) is 20.7. The molecule has 0 bridgehead atoms. The first-order chi connectivity index (χ1) is 14.7. The highest BCUT2D eigenvalue weighted by atomic mass is 16.2. The van der Waals surface area contributed by atoms with Gasteiger partial charge in [-0.15, -0.1) is 0 Å². The molecule has 0 unspecified atom stereocenters. The summed E-state index contributed by atoms with van der Waals surface area (Å²) in [7, 11) is 0. The Morgan fingerprint density at radius 2 is 1.20 bits per heavy atom. The molecule has 0 fully saturated rings. The smallest absolute Gasteiger partial charge is 0.315 e. The van der Waals surface area contributed by atoms with Crippen molar-refractivity contribution in [3.8, 4) is 0 Å². The number of carbonyl (C=O) groups excluding carboxylic acids is 1. The van der Waals surface area contributed by atoms with E-state index in [-0.39, 0.29) is 18.1 Å². The van der Waals surface area contributed by atoms with Gasteiger partial charge in [0.05, 0.1) is 0 Å². The predicted octanol–water partition coefficient (Wildman–Crippen LogP) is 4.36. The Morgan fingerprint density at radius 3 is 1.70 bits per heavy atom. The van der Waals surface area contributed by atoms with E-state index in [4.69, 9.17) is 0 Å². The number of fused-ring (bicyclic) bond motifs is 6. The summed E-state index contributed by atoms with van der Waals surface area (Å²) >= 11 is 0. The molecule has 2 aliphatic rings. The molecule has 0 saturated carbocycles. The van der Waals surface area contributed by atoms with Crippen LogP contribution in [0.2, 0.25) is 0 Å². The number of hydrogen-bond donors (Lipinski definition) is 4. The topological polar surface area (TPSA) is 72.7 Å². The molecule has 152 valence electrons. The maximum Gasteiger partial charge on any atom is 0.315 e. The zero-order valence-electron chi connectivity index (χ0n) is 16.9. The molecule has 4 N–H and O–H groups in total. The molecule has 0 radical (unpaired) electrons. The number of aryl methyl sites for hydroxylation is 2. The van der Waals surface area contributed by atoms with Crippen molar-refractivity contribution in [3.63, 3.8) is 0 Å². The lowest BCUT2D eigenvalue weighted by Crippen LogP contribution is -2.49. The fourth-order valence-corrected chi connectivity index (χ4v) is 5.40. The third-order valence-corrected chi connectivity index (χ3v) is 6.86. The van der Waals surface area contributed by atoms with Crippen LogP contribution in [0.25, 0.3) is 21.8 Å². The number of hydrogen-bond acceptors (Lipinski definition) is 1. The number of benzene rings is 2. The van der Waals surface area contributed by atoms with E-state index in [1.165, 1.54) is 44.3 Å². The quantitative estimate of drug-likeness (QED) is 0.398. The second kappa shape index (κ2) is 6.94. The monoisotopic (exact) mass is 398 g/mol. The second-order valence-electron chi connectivity index (χ2n) is 8.75. The molecule has 2 atom stereocenters. The van der Waals surface area contributed by atoms with Crippen molar-refractivity contribution in [2.24, 2.45) is 0 Å². The first-order valence-corrected chi connectivity index (χ1v) is 11.0. The van der Waals surface area contributed by atoms with Crippen LogP contribution in [0.5, 0.6) is 0 Å². The van der Waals surface area contributed by atoms with E-state index in [1.54, 1.807) is 0 Å². The maximum atomic E-state index is 12.8. The lowest BCUT2D eigenvalue weighted by atomic mass is 9.91. The molecule has 30 heavy (non-hydrogen) atoms. The zero-order chi connectivity index (χ0) is 20.1. The number of amides is 2. The third-order valence-electron chi connectivity index (χ3n) is 6.86. The number of H-pyrrole nitrogens is 2. The molecule has 5 nitrogen and oxygen atoms in total. The molecular weight excluding hydrogens is 372 g/mol. The van der Waals surface area contributed by atoms with Crippen LogP contribution in [0.3, 0.4) is 0 Å². The SMILES string of the molecule is O=C(N[C@H]1CCc2[nH]c3ccccc3c2C1)N[C@H]1CCc2[nH]c3ccccc3c2C1. The van der Waals surface area contributed by atoms with E-state index in [0.29, 0.717) is 0 Å². The summed E-state index contributed by atoms with van der Waals surface area (Å²) in [5.41, 5.74) is 7.78. The molecule has 5 heteroatoms. The summed E-state index contributed by atoms with van der Waals surface area (Å²) in [4.78, 5) is 19.9. The Morgan fingerprint density at radius 1 is 0.733 bits per heavy atom. The van der Waals surface area contributed by atoms with Gasteiger partial charge in [0, 0.05) is 45.3 Å². The van der Waals surface area contributed by atoms with Crippen molar-refractivity contribution >= 4 is 27.8 Å². The van der Waals surface area contributed by atoms with Crippen LogP contribution in [-0.4, -0.2) is 28.1 Å². The van der Waals surface area contributed by atoms with Gasteiger partial charge in [-0.2, -0.15) is 0 Å². The van der Waals surface area contributed by atoms with Crippen molar-refractivity contribution in [3.05, 3.63) is 71.0 Å². The molecule has 6 rings (SSSR count). The minimum Gasteiger partial charge on any atom is -0.358 e. The van der Waals surface area contributed by atoms with Crippen molar-refractivity contribution < 1.29 is 4.79 Å². The molecule has 0 aliphatic heterocycles.